The Kier molecular flexibility index (Phi) is 9.61. The zero-order valence-corrected chi connectivity index (χ0v) is 15.9. The van der Waals surface area contributed by atoms with Crippen LogP contribution in [0.3, 0.4) is 0 Å². The van der Waals surface area contributed by atoms with Gasteiger partial charge in [0.05, 0.1) is 5.41 Å². The zero-order valence-electron chi connectivity index (χ0n) is 12.8. The van der Waals surface area contributed by atoms with Crippen molar-refractivity contribution in [2.45, 2.75) is 31.9 Å². The van der Waals surface area contributed by atoms with E-state index in [1.165, 1.54) is 18.6 Å². The second-order valence-corrected chi connectivity index (χ2v) is 6.81. The van der Waals surface area contributed by atoms with Crippen LogP contribution in [-0.2, 0) is 4.79 Å². The summed E-state index contributed by atoms with van der Waals surface area (Å²) < 4.78 is 0. The topological polar surface area (TPSA) is 65.5 Å². The maximum absolute atomic E-state index is 11.7. The van der Waals surface area contributed by atoms with Gasteiger partial charge >= 0.3 is 0 Å². The monoisotopic (exact) mass is 414 g/mol. The first-order valence-corrected chi connectivity index (χ1v) is 7.83. The van der Waals surface area contributed by atoms with Gasteiger partial charge in [-0.1, -0.05) is 0 Å². The molecule has 0 bridgehead atoms. The highest BCUT2D eigenvalue weighted by atomic mass is 127. The Morgan fingerprint density at radius 3 is 2.60 bits per heavy atom. The van der Waals surface area contributed by atoms with Gasteiger partial charge in [-0.05, 0) is 32.4 Å². The van der Waals surface area contributed by atoms with E-state index in [4.69, 9.17) is 0 Å². The number of carbonyl (C=O) groups is 1. The number of halogens is 1. The summed E-state index contributed by atoms with van der Waals surface area (Å²) >= 11 is 2.02. The molecule has 1 heterocycles. The van der Waals surface area contributed by atoms with Gasteiger partial charge in [0.2, 0.25) is 5.91 Å². The van der Waals surface area contributed by atoms with E-state index in [2.05, 4.69) is 20.9 Å². The van der Waals surface area contributed by atoms with E-state index in [0.29, 0.717) is 11.8 Å². The maximum Gasteiger partial charge on any atom is 0.227 e. The van der Waals surface area contributed by atoms with Gasteiger partial charge in [-0.3, -0.25) is 9.79 Å². The first kappa shape index (κ1) is 19.8. The van der Waals surface area contributed by atoms with Crippen LogP contribution in [0.25, 0.3) is 0 Å². The number of amides is 1. The summed E-state index contributed by atoms with van der Waals surface area (Å²) in [5.41, 5.74) is -0.450. The molecule has 1 amide bonds. The van der Waals surface area contributed by atoms with Crippen molar-refractivity contribution in [3.05, 3.63) is 0 Å². The molecule has 118 valence electrons. The molecule has 1 saturated heterocycles. The second kappa shape index (κ2) is 9.70. The number of hydrogen-bond acceptors (Lipinski definition) is 3. The van der Waals surface area contributed by atoms with Crippen LogP contribution in [0.2, 0.25) is 0 Å². The minimum atomic E-state index is -0.450. The summed E-state index contributed by atoms with van der Waals surface area (Å²) in [5, 5.41) is 9.91. The minimum Gasteiger partial charge on any atom is -0.359 e. The normalized spacial score (nSPS) is 19.2. The van der Waals surface area contributed by atoms with E-state index < -0.39 is 5.41 Å². The molecule has 0 spiro atoms. The van der Waals surface area contributed by atoms with Gasteiger partial charge < -0.3 is 16.0 Å². The van der Waals surface area contributed by atoms with Crippen LogP contribution in [0.5, 0.6) is 0 Å². The van der Waals surface area contributed by atoms with Crippen molar-refractivity contribution < 1.29 is 4.79 Å². The molecule has 5 nitrogen and oxygen atoms in total. The van der Waals surface area contributed by atoms with Crippen molar-refractivity contribution >= 4 is 47.6 Å². The molecule has 0 aromatic carbocycles. The molecule has 20 heavy (non-hydrogen) atoms. The zero-order chi connectivity index (χ0) is 14.3. The van der Waals surface area contributed by atoms with E-state index in [0.717, 1.165) is 12.5 Å². The van der Waals surface area contributed by atoms with Gasteiger partial charge in [-0.25, -0.2) is 0 Å². The van der Waals surface area contributed by atoms with Gasteiger partial charge in [0.15, 0.2) is 5.96 Å². The number of rotatable bonds is 5. The average molecular weight is 414 g/mol. The van der Waals surface area contributed by atoms with Gasteiger partial charge in [0, 0.05) is 32.4 Å². The van der Waals surface area contributed by atoms with E-state index in [1.54, 1.807) is 14.1 Å². The van der Waals surface area contributed by atoms with Crippen molar-refractivity contribution in [3.63, 3.8) is 0 Å². The largest absolute Gasteiger partial charge is 0.359 e. The molecule has 0 aliphatic carbocycles. The average Bonchev–Trinajstić information content (AvgIpc) is 2.91. The fourth-order valence-electron chi connectivity index (χ4n) is 1.96. The maximum atomic E-state index is 11.7. The van der Waals surface area contributed by atoms with Gasteiger partial charge in [0.25, 0.3) is 0 Å². The third kappa shape index (κ3) is 6.51. The molecule has 1 unspecified atom stereocenters. The van der Waals surface area contributed by atoms with Crippen LogP contribution in [0.15, 0.2) is 4.99 Å². The first-order chi connectivity index (χ1) is 8.99. The molecule has 0 saturated carbocycles. The van der Waals surface area contributed by atoms with E-state index in [-0.39, 0.29) is 29.9 Å². The molecule has 1 aliphatic heterocycles. The number of aliphatic imine (C=N–C) groups is 1. The fourth-order valence-corrected chi connectivity index (χ4v) is 3.16. The van der Waals surface area contributed by atoms with E-state index in [1.807, 2.05) is 25.6 Å². The molecule has 0 aromatic rings. The quantitative estimate of drug-likeness (QED) is 0.362. The second-order valence-electron chi connectivity index (χ2n) is 5.40. The smallest absolute Gasteiger partial charge is 0.227 e. The SMILES string of the molecule is CN=C(NCC1CCCS1)NCC(C)(C)C(=O)NC.I. The summed E-state index contributed by atoms with van der Waals surface area (Å²) in [4.78, 5) is 15.9. The number of thioether (sulfide) groups is 1. The Balaban J connectivity index is 0.00000361. The summed E-state index contributed by atoms with van der Waals surface area (Å²) in [7, 11) is 3.42. The molecular weight excluding hydrogens is 387 g/mol. The van der Waals surface area contributed by atoms with E-state index >= 15 is 0 Å². The summed E-state index contributed by atoms with van der Waals surface area (Å²) in [6, 6.07) is 0. The predicted octanol–water partition coefficient (Wildman–Crippen LogP) is 1.44. The Hall–Kier alpha value is -0.180. The summed E-state index contributed by atoms with van der Waals surface area (Å²) in [6.45, 7) is 5.33. The number of guanidine groups is 1. The van der Waals surface area contributed by atoms with Gasteiger partial charge in [-0.2, -0.15) is 11.8 Å². The third-order valence-corrected chi connectivity index (χ3v) is 4.68. The Labute approximate surface area is 143 Å². The van der Waals surface area contributed by atoms with Crippen LogP contribution in [0, 0.1) is 5.41 Å². The minimum absolute atomic E-state index is 0. The van der Waals surface area contributed by atoms with Gasteiger partial charge in [0.1, 0.15) is 0 Å². The molecule has 1 atom stereocenters. The van der Waals surface area contributed by atoms with Crippen molar-refractivity contribution in [1.82, 2.24) is 16.0 Å². The lowest BCUT2D eigenvalue weighted by molar-refractivity contribution is -0.128. The lowest BCUT2D eigenvalue weighted by Gasteiger charge is -2.24. The standard InChI is InChI=1S/C13H26N4OS.HI/c1-13(2,11(18)14-3)9-17-12(15-4)16-8-10-6-5-7-19-10;/h10H,5-9H2,1-4H3,(H,14,18)(H2,15,16,17);1H. The molecule has 7 heteroatoms. The van der Waals surface area contributed by atoms with Crippen LogP contribution >= 0.6 is 35.7 Å². The number of nitrogens with one attached hydrogen (secondary N) is 3. The highest BCUT2D eigenvalue weighted by molar-refractivity contribution is 14.0. The molecule has 1 fully saturated rings. The number of hydrogen-bond donors (Lipinski definition) is 3. The molecule has 0 aromatic heterocycles. The van der Waals surface area contributed by atoms with E-state index in [9.17, 15) is 4.79 Å². The molecular formula is C13H27IN4OS. The molecule has 1 rings (SSSR count). The van der Waals surface area contributed by atoms with Crippen molar-refractivity contribution in [2.24, 2.45) is 10.4 Å². The predicted molar refractivity (Wildman–Crippen MR) is 98.1 cm³/mol. The Morgan fingerprint density at radius 1 is 1.40 bits per heavy atom. The summed E-state index contributed by atoms with van der Waals surface area (Å²) in [5.74, 6) is 2.06. The van der Waals surface area contributed by atoms with Crippen molar-refractivity contribution in [2.75, 3.05) is 32.9 Å². The summed E-state index contributed by atoms with van der Waals surface area (Å²) in [6.07, 6.45) is 2.59. The lowest BCUT2D eigenvalue weighted by Crippen LogP contribution is -2.48. The fraction of sp³-hybridized carbons (Fsp3) is 0.846. The van der Waals surface area contributed by atoms with Crippen molar-refractivity contribution in [1.29, 1.82) is 0 Å². The third-order valence-electron chi connectivity index (χ3n) is 3.28. The first-order valence-electron chi connectivity index (χ1n) is 6.78. The van der Waals surface area contributed by atoms with Crippen LogP contribution in [0.1, 0.15) is 26.7 Å². The van der Waals surface area contributed by atoms with Crippen LogP contribution < -0.4 is 16.0 Å². The molecule has 1 aliphatic rings. The number of carbonyl (C=O) groups excluding carboxylic acids is 1. The Morgan fingerprint density at radius 2 is 2.10 bits per heavy atom. The molecule has 3 N–H and O–H groups in total. The van der Waals surface area contributed by atoms with Crippen LogP contribution in [0.4, 0.5) is 0 Å². The van der Waals surface area contributed by atoms with Gasteiger partial charge in [-0.15, -0.1) is 24.0 Å². The lowest BCUT2D eigenvalue weighted by atomic mass is 9.92. The van der Waals surface area contributed by atoms with Crippen LogP contribution in [-0.4, -0.2) is 50.1 Å². The highest BCUT2D eigenvalue weighted by Crippen LogP contribution is 2.25. The van der Waals surface area contributed by atoms with Crippen molar-refractivity contribution in [3.8, 4) is 0 Å². The highest BCUT2D eigenvalue weighted by Gasteiger charge is 2.26. The molecule has 0 radical (unpaired) electrons. The Bertz CT molecular complexity index is 330. The number of nitrogens with zero attached hydrogens (tertiary/aromatic N) is 1.